The molecule has 0 unspecified atom stereocenters. The van der Waals surface area contributed by atoms with Crippen molar-refractivity contribution < 1.29 is 45.0 Å². The molecule has 0 saturated carbocycles. The predicted octanol–water partition coefficient (Wildman–Crippen LogP) is -3.19. The van der Waals surface area contributed by atoms with E-state index in [1.165, 1.54) is 0 Å². The SMILES string of the molecule is O=C(O)CC(=O)O.O=C[C@H](O)[C@@H](O)[C@H](O)CO. The lowest BCUT2D eigenvalue weighted by Crippen LogP contribution is -2.40. The number of hydrogen-bond acceptors (Lipinski definition) is 7. The first-order valence-corrected chi connectivity index (χ1v) is 4.30. The zero-order valence-corrected chi connectivity index (χ0v) is 8.63. The highest BCUT2D eigenvalue weighted by atomic mass is 16.4. The third-order valence-electron chi connectivity index (χ3n) is 1.37. The van der Waals surface area contributed by atoms with Crippen molar-refractivity contribution in [1.82, 2.24) is 0 Å². The Hall–Kier alpha value is -1.55. The summed E-state index contributed by atoms with van der Waals surface area (Å²) in [5.74, 6) is -2.62. The molecule has 0 heterocycles. The number of carboxylic acid groups (broad SMARTS) is 2. The lowest BCUT2D eigenvalue weighted by molar-refractivity contribution is -0.147. The summed E-state index contributed by atoms with van der Waals surface area (Å²) in [7, 11) is 0. The van der Waals surface area contributed by atoms with Crippen molar-refractivity contribution in [3.05, 3.63) is 0 Å². The highest BCUT2D eigenvalue weighted by Crippen LogP contribution is 1.96. The van der Waals surface area contributed by atoms with Crippen LogP contribution in [0, 0.1) is 0 Å². The number of aliphatic hydroxyl groups is 4. The summed E-state index contributed by atoms with van der Waals surface area (Å²) in [4.78, 5) is 28.6. The van der Waals surface area contributed by atoms with E-state index >= 15 is 0 Å². The Balaban J connectivity index is 0. The summed E-state index contributed by atoms with van der Waals surface area (Å²) in [6.07, 6.45) is -5.44. The quantitative estimate of drug-likeness (QED) is 0.211. The second kappa shape index (κ2) is 9.66. The van der Waals surface area contributed by atoms with E-state index in [-0.39, 0.29) is 6.29 Å². The van der Waals surface area contributed by atoms with Crippen molar-refractivity contribution in [3.8, 4) is 0 Å². The van der Waals surface area contributed by atoms with Crippen molar-refractivity contribution in [1.29, 1.82) is 0 Å². The molecule has 0 amide bonds. The first-order valence-electron chi connectivity index (χ1n) is 4.30. The Bertz CT molecular complexity index is 239. The van der Waals surface area contributed by atoms with Crippen molar-refractivity contribution in [2.24, 2.45) is 0 Å². The van der Waals surface area contributed by atoms with Crippen LogP contribution in [0.3, 0.4) is 0 Å². The molecule has 3 atom stereocenters. The minimum atomic E-state index is -1.64. The summed E-state index contributed by atoms with van der Waals surface area (Å²) < 4.78 is 0. The van der Waals surface area contributed by atoms with Crippen LogP contribution in [0.1, 0.15) is 6.42 Å². The maximum atomic E-state index is 9.76. The molecule has 0 aromatic rings. The van der Waals surface area contributed by atoms with E-state index < -0.39 is 43.3 Å². The number of carboxylic acids is 2. The van der Waals surface area contributed by atoms with Gasteiger partial charge in [0.1, 0.15) is 24.7 Å². The van der Waals surface area contributed by atoms with Crippen LogP contribution < -0.4 is 0 Å². The molecule has 100 valence electrons. The number of hydrogen-bond donors (Lipinski definition) is 6. The van der Waals surface area contributed by atoms with Crippen molar-refractivity contribution in [3.63, 3.8) is 0 Å². The van der Waals surface area contributed by atoms with Gasteiger partial charge in [0.2, 0.25) is 0 Å². The van der Waals surface area contributed by atoms with Gasteiger partial charge in [-0.3, -0.25) is 9.59 Å². The van der Waals surface area contributed by atoms with Gasteiger partial charge in [0.15, 0.2) is 6.29 Å². The van der Waals surface area contributed by atoms with Gasteiger partial charge in [0.25, 0.3) is 0 Å². The van der Waals surface area contributed by atoms with Crippen molar-refractivity contribution in [2.45, 2.75) is 24.7 Å². The van der Waals surface area contributed by atoms with Crippen LogP contribution >= 0.6 is 0 Å². The van der Waals surface area contributed by atoms with Crippen LogP contribution in [0.2, 0.25) is 0 Å². The second-order valence-electron chi connectivity index (χ2n) is 2.83. The molecule has 0 aliphatic heterocycles. The minimum absolute atomic E-state index is 0.0869. The molecule has 9 nitrogen and oxygen atoms in total. The lowest BCUT2D eigenvalue weighted by atomic mass is 10.1. The maximum absolute atomic E-state index is 9.76. The van der Waals surface area contributed by atoms with Gasteiger partial charge in [-0.15, -0.1) is 0 Å². The number of rotatable bonds is 6. The number of aldehydes is 1. The average Bonchev–Trinajstić information content (AvgIpc) is 2.24. The molecule has 0 aromatic carbocycles. The van der Waals surface area contributed by atoms with E-state index in [2.05, 4.69) is 0 Å². The summed E-state index contributed by atoms with van der Waals surface area (Å²) in [5.41, 5.74) is 0. The molecular formula is C8H14O9. The number of carbonyl (C=O) groups excluding carboxylic acids is 1. The van der Waals surface area contributed by atoms with Crippen LogP contribution in [0.5, 0.6) is 0 Å². The molecule has 0 rings (SSSR count). The standard InChI is InChI=1S/C5H10O5.C3H4O4/c6-1-3(8)5(10)4(9)2-7;4-2(5)1-3(6)7/h1,3-5,7-10H,2H2;1H2,(H,4,5)(H,6,7)/t3-,4+,5+;/m0./s1. The molecule has 17 heavy (non-hydrogen) atoms. The summed E-state index contributed by atoms with van der Waals surface area (Å²) in [6, 6.07) is 0. The molecule has 0 aliphatic carbocycles. The van der Waals surface area contributed by atoms with E-state index in [1.807, 2.05) is 0 Å². The zero-order chi connectivity index (χ0) is 14.0. The topological polar surface area (TPSA) is 173 Å². The Morgan fingerprint density at radius 2 is 1.47 bits per heavy atom. The van der Waals surface area contributed by atoms with Crippen LogP contribution in [-0.2, 0) is 14.4 Å². The highest BCUT2D eigenvalue weighted by Gasteiger charge is 2.22. The van der Waals surface area contributed by atoms with Gasteiger partial charge >= 0.3 is 11.9 Å². The maximum Gasteiger partial charge on any atom is 0.314 e. The first-order chi connectivity index (χ1) is 7.76. The van der Waals surface area contributed by atoms with Crippen LogP contribution in [0.25, 0.3) is 0 Å². The normalized spacial score (nSPS) is 14.8. The van der Waals surface area contributed by atoms with Crippen LogP contribution in [-0.4, -0.2) is 73.8 Å². The fraction of sp³-hybridized carbons (Fsp3) is 0.625. The van der Waals surface area contributed by atoms with E-state index in [0.29, 0.717) is 0 Å². The van der Waals surface area contributed by atoms with E-state index in [9.17, 15) is 14.4 Å². The average molecular weight is 254 g/mol. The number of aliphatic carboxylic acids is 2. The van der Waals surface area contributed by atoms with Gasteiger partial charge < -0.3 is 35.4 Å². The molecule has 0 bridgehead atoms. The van der Waals surface area contributed by atoms with E-state index in [0.717, 1.165) is 0 Å². The number of carbonyl (C=O) groups is 3. The third-order valence-corrected chi connectivity index (χ3v) is 1.37. The molecule has 0 radical (unpaired) electrons. The van der Waals surface area contributed by atoms with Gasteiger partial charge in [0, 0.05) is 0 Å². The minimum Gasteiger partial charge on any atom is -0.481 e. The van der Waals surface area contributed by atoms with Crippen molar-refractivity contribution in [2.75, 3.05) is 6.61 Å². The van der Waals surface area contributed by atoms with Gasteiger partial charge in [-0.05, 0) is 0 Å². The smallest absolute Gasteiger partial charge is 0.314 e. The molecule has 0 saturated heterocycles. The summed E-state index contributed by atoms with van der Waals surface area (Å²) in [6.45, 7) is -0.688. The molecule has 0 fully saturated rings. The number of aliphatic hydroxyl groups excluding tert-OH is 4. The largest absolute Gasteiger partial charge is 0.481 e. The Morgan fingerprint density at radius 3 is 1.65 bits per heavy atom. The first kappa shape index (κ1) is 17.8. The molecule has 0 aliphatic rings. The molecule has 6 N–H and O–H groups in total. The molecule has 0 aromatic heterocycles. The Kier molecular flexibility index (Phi) is 10.1. The molecule has 0 spiro atoms. The van der Waals surface area contributed by atoms with Gasteiger partial charge in [0.05, 0.1) is 6.61 Å². The Labute approximate surface area is 95.5 Å². The Morgan fingerprint density at radius 1 is 1.06 bits per heavy atom. The van der Waals surface area contributed by atoms with Crippen LogP contribution in [0.15, 0.2) is 0 Å². The van der Waals surface area contributed by atoms with Crippen molar-refractivity contribution >= 4 is 18.2 Å². The van der Waals surface area contributed by atoms with Crippen LogP contribution in [0.4, 0.5) is 0 Å². The second-order valence-corrected chi connectivity index (χ2v) is 2.83. The fourth-order valence-corrected chi connectivity index (χ4v) is 0.545. The summed E-state index contributed by atoms with van der Waals surface area (Å²) in [5, 5.41) is 49.5. The van der Waals surface area contributed by atoms with E-state index in [4.69, 9.17) is 30.6 Å². The predicted molar refractivity (Wildman–Crippen MR) is 51.1 cm³/mol. The molecule has 9 heteroatoms. The van der Waals surface area contributed by atoms with Gasteiger partial charge in [-0.25, -0.2) is 0 Å². The molecular weight excluding hydrogens is 240 g/mol. The van der Waals surface area contributed by atoms with Gasteiger partial charge in [-0.2, -0.15) is 0 Å². The fourth-order valence-electron chi connectivity index (χ4n) is 0.545. The monoisotopic (exact) mass is 254 g/mol. The highest BCUT2D eigenvalue weighted by molar-refractivity contribution is 5.88. The third kappa shape index (κ3) is 10.7. The lowest BCUT2D eigenvalue weighted by Gasteiger charge is -2.16. The van der Waals surface area contributed by atoms with Gasteiger partial charge in [-0.1, -0.05) is 0 Å². The van der Waals surface area contributed by atoms with E-state index in [1.54, 1.807) is 0 Å². The summed E-state index contributed by atoms with van der Waals surface area (Å²) >= 11 is 0. The zero-order valence-electron chi connectivity index (χ0n) is 8.63.